The average Bonchev–Trinajstić information content (AvgIpc) is 2.66. The van der Waals surface area contributed by atoms with Gasteiger partial charge in [-0.15, -0.1) is 11.3 Å². The van der Waals surface area contributed by atoms with Gasteiger partial charge in [-0.2, -0.15) is 0 Å². The van der Waals surface area contributed by atoms with Gasteiger partial charge in [0.25, 0.3) is 0 Å². The Morgan fingerprint density at radius 2 is 2.10 bits per heavy atom. The number of thiazole rings is 1. The molecule has 0 aliphatic carbocycles. The first-order valence-electron chi connectivity index (χ1n) is 6.94. The lowest BCUT2D eigenvalue weighted by Gasteiger charge is -2.20. The summed E-state index contributed by atoms with van der Waals surface area (Å²) >= 11 is 1.63. The Balaban J connectivity index is 2.47. The quantitative estimate of drug-likeness (QED) is 0.868. The van der Waals surface area contributed by atoms with Crippen LogP contribution in [0.3, 0.4) is 0 Å². The minimum atomic E-state index is -0.497. The van der Waals surface area contributed by atoms with E-state index in [1.54, 1.807) is 11.3 Å². The van der Waals surface area contributed by atoms with E-state index in [1.165, 1.54) is 0 Å². The van der Waals surface area contributed by atoms with Crippen molar-refractivity contribution in [1.29, 1.82) is 0 Å². The summed E-state index contributed by atoms with van der Waals surface area (Å²) in [6.07, 6.45) is 0.251. The second kappa shape index (κ2) is 7.09. The molecule has 7 heteroatoms. The van der Waals surface area contributed by atoms with Crippen LogP contribution in [0, 0.1) is 6.92 Å². The fourth-order valence-corrected chi connectivity index (χ4v) is 2.71. The zero-order valence-corrected chi connectivity index (χ0v) is 14.5. The molecule has 1 heterocycles. The third-order valence-electron chi connectivity index (χ3n) is 2.62. The van der Waals surface area contributed by atoms with Crippen molar-refractivity contribution in [1.82, 2.24) is 10.3 Å². The number of hydrogen-bond acceptors (Lipinski definition) is 6. The molecular formula is C14H26N4O2S. The van der Waals surface area contributed by atoms with Crippen LogP contribution in [0.1, 0.15) is 31.3 Å². The van der Waals surface area contributed by atoms with Crippen LogP contribution in [-0.2, 0) is 11.2 Å². The molecule has 0 aliphatic rings. The maximum atomic E-state index is 11.6. The van der Waals surface area contributed by atoms with Crippen molar-refractivity contribution < 1.29 is 9.53 Å². The van der Waals surface area contributed by atoms with Gasteiger partial charge in [-0.05, 0) is 27.7 Å². The van der Waals surface area contributed by atoms with Crippen LogP contribution in [0.5, 0.6) is 0 Å². The molecule has 0 saturated carbocycles. The third-order valence-corrected chi connectivity index (χ3v) is 3.97. The van der Waals surface area contributed by atoms with Gasteiger partial charge >= 0.3 is 6.09 Å². The van der Waals surface area contributed by atoms with Crippen LogP contribution in [0.25, 0.3) is 0 Å². The molecule has 0 aromatic carbocycles. The summed E-state index contributed by atoms with van der Waals surface area (Å²) in [6.45, 7) is 7.85. The van der Waals surface area contributed by atoms with E-state index < -0.39 is 11.7 Å². The normalized spacial score (nSPS) is 12.9. The summed E-state index contributed by atoms with van der Waals surface area (Å²) in [7, 11) is 3.93. The van der Waals surface area contributed by atoms with Crippen molar-refractivity contribution in [2.24, 2.45) is 5.73 Å². The minimum absolute atomic E-state index is 0.160. The van der Waals surface area contributed by atoms with E-state index in [4.69, 9.17) is 10.5 Å². The lowest BCUT2D eigenvalue weighted by molar-refractivity contribution is 0.0524. The summed E-state index contributed by atoms with van der Waals surface area (Å²) < 4.78 is 5.18. The van der Waals surface area contributed by atoms with Crippen LogP contribution in [0.2, 0.25) is 0 Å². The lowest BCUT2D eigenvalue weighted by Crippen LogP contribution is -2.41. The molecule has 120 valence electrons. The molecule has 0 bridgehead atoms. The summed E-state index contributed by atoms with van der Waals surface area (Å²) in [4.78, 5) is 19.2. The Kier molecular flexibility index (Phi) is 5.98. The molecule has 0 radical (unpaired) electrons. The molecule has 1 aromatic heterocycles. The molecule has 3 N–H and O–H groups in total. The number of aryl methyl sites for hydroxylation is 1. The smallest absolute Gasteiger partial charge is 0.407 e. The number of anilines is 1. The van der Waals surface area contributed by atoms with Gasteiger partial charge in [-0.1, -0.05) is 0 Å². The van der Waals surface area contributed by atoms with E-state index in [0.29, 0.717) is 13.0 Å². The molecule has 0 fully saturated rings. The highest BCUT2D eigenvalue weighted by molar-refractivity contribution is 7.15. The fraction of sp³-hybridized carbons (Fsp3) is 0.714. The largest absolute Gasteiger partial charge is 0.444 e. The van der Waals surface area contributed by atoms with Gasteiger partial charge in [-0.25, -0.2) is 9.78 Å². The second-order valence-corrected chi connectivity index (χ2v) is 7.31. The minimum Gasteiger partial charge on any atom is -0.444 e. The number of hydrogen-bond donors (Lipinski definition) is 2. The standard InChI is InChI=1S/C14H26N4O2S/c1-9-11(21-12(17-9)18(5)6)7-10(15)8-16-13(19)20-14(2,3)4/h10H,7-8,15H2,1-6H3,(H,16,19). The number of aromatic nitrogens is 1. The summed E-state index contributed by atoms with van der Waals surface area (Å²) in [6, 6.07) is -0.160. The highest BCUT2D eigenvalue weighted by Crippen LogP contribution is 2.25. The molecule has 1 aromatic rings. The van der Waals surface area contributed by atoms with Crippen molar-refractivity contribution in [3.63, 3.8) is 0 Å². The van der Waals surface area contributed by atoms with Crippen LogP contribution < -0.4 is 16.0 Å². The Morgan fingerprint density at radius 1 is 1.48 bits per heavy atom. The molecular weight excluding hydrogens is 288 g/mol. The van der Waals surface area contributed by atoms with Crippen molar-refractivity contribution in [2.45, 2.75) is 45.8 Å². The van der Waals surface area contributed by atoms with Gasteiger partial charge < -0.3 is 20.7 Å². The summed E-state index contributed by atoms with van der Waals surface area (Å²) in [5, 5.41) is 3.66. The molecule has 21 heavy (non-hydrogen) atoms. The van der Waals surface area contributed by atoms with E-state index in [1.807, 2.05) is 46.7 Å². The number of nitrogens with one attached hydrogen (secondary N) is 1. The van der Waals surface area contributed by atoms with E-state index in [9.17, 15) is 4.79 Å². The van der Waals surface area contributed by atoms with E-state index in [0.717, 1.165) is 15.7 Å². The lowest BCUT2D eigenvalue weighted by atomic mass is 10.2. The predicted molar refractivity (Wildman–Crippen MR) is 87.1 cm³/mol. The summed E-state index contributed by atoms with van der Waals surface area (Å²) in [5.41, 5.74) is 6.57. The van der Waals surface area contributed by atoms with Gasteiger partial charge in [0.1, 0.15) is 5.60 Å². The number of alkyl carbamates (subject to hydrolysis) is 1. The monoisotopic (exact) mass is 314 g/mol. The maximum absolute atomic E-state index is 11.6. The number of nitrogens with zero attached hydrogens (tertiary/aromatic N) is 2. The van der Waals surface area contributed by atoms with Gasteiger partial charge in [-0.3, -0.25) is 0 Å². The molecule has 1 unspecified atom stereocenters. The first kappa shape index (κ1) is 17.7. The Hall–Kier alpha value is -1.34. The predicted octanol–water partition coefficient (Wildman–Crippen LogP) is 1.91. The van der Waals surface area contributed by atoms with Crippen LogP contribution in [0.4, 0.5) is 9.93 Å². The molecule has 0 aliphatic heterocycles. The first-order chi connectivity index (χ1) is 9.58. The molecule has 0 spiro atoms. The zero-order valence-electron chi connectivity index (χ0n) is 13.7. The number of carbonyl (C=O) groups excluding carboxylic acids is 1. The van der Waals surface area contributed by atoms with Crippen molar-refractivity contribution in [3.8, 4) is 0 Å². The van der Waals surface area contributed by atoms with Crippen molar-refractivity contribution in [2.75, 3.05) is 25.5 Å². The van der Waals surface area contributed by atoms with Gasteiger partial charge in [0.05, 0.1) is 5.69 Å². The van der Waals surface area contributed by atoms with E-state index in [2.05, 4.69) is 10.3 Å². The molecule has 1 rings (SSSR count). The first-order valence-corrected chi connectivity index (χ1v) is 7.76. The summed E-state index contributed by atoms with van der Waals surface area (Å²) in [5.74, 6) is 0. The van der Waals surface area contributed by atoms with Gasteiger partial charge in [0.15, 0.2) is 5.13 Å². The third kappa shape index (κ3) is 6.31. The van der Waals surface area contributed by atoms with Crippen LogP contribution >= 0.6 is 11.3 Å². The fourth-order valence-electron chi connectivity index (χ4n) is 1.63. The number of ether oxygens (including phenoxy) is 1. The van der Waals surface area contributed by atoms with Gasteiger partial charge in [0, 0.05) is 38.0 Å². The topological polar surface area (TPSA) is 80.5 Å². The van der Waals surface area contributed by atoms with Crippen LogP contribution in [-0.4, -0.2) is 43.4 Å². The molecule has 1 atom stereocenters. The highest BCUT2D eigenvalue weighted by atomic mass is 32.1. The van der Waals surface area contributed by atoms with Crippen molar-refractivity contribution in [3.05, 3.63) is 10.6 Å². The average molecular weight is 314 g/mol. The number of rotatable bonds is 5. The Morgan fingerprint density at radius 3 is 2.57 bits per heavy atom. The molecule has 1 amide bonds. The van der Waals surface area contributed by atoms with E-state index in [-0.39, 0.29) is 6.04 Å². The Labute approximate surface area is 130 Å². The van der Waals surface area contributed by atoms with Gasteiger partial charge in [0.2, 0.25) is 0 Å². The zero-order chi connectivity index (χ0) is 16.2. The maximum Gasteiger partial charge on any atom is 0.407 e. The number of carbonyl (C=O) groups is 1. The second-order valence-electron chi connectivity index (χ2n) is 6.25. The van der Waals surface area contributed by atoms with Crippen molar-refractivity contribution >= 4 is 22.6 Å². The Bertz CT molecular complexity index is 480. The highest BCUT2D eigenvalue weighted by Gasteiger charge is 2.17. The molecule has 6 nitrogen and oxygen atoms in total. The SMILES string of the molecule is Cc1nc(N(C)C)sc1CC(N)CNC(=O)OC(C)(C)C. The number of nitrogens with two attached hydrogens (primary N) is 1. The van der Waals surface area contributed by atoms with E-state index >= 15 is 0 Å². The number of amides is 1. The van der Waals surface area contributed by atoms with Crippen LogP contribution in [0.15, 0.2) is 0 Å². The molecule has 0 saturated heterocycles.